The average molecular weight is 560 g/mol. The molecule has 0 aliphatic carbocycles. The van der Waals surface area contributed by atoms with Crippen LogP contribution in [0.15, 0.2) is 127 Å². The highest BCUT2D eigenvalue weighted by molar-refractivity contribution is 7.51. The summed E-state index contributed by atoms with van der Waals surface area (Å²) in [7, 11) is -1.27. The molecule has 2 N–H and O–H groups in total. The van der Waals surface area contributed by atoms with Crippen molar-refractivity contribution in [1.82, 2.24) is 5.32 Å². The third-order valence-corrected chi connectivity index (χ3v) is 9.19. The Morgan fingerprint density at radius 3 is 2.02 bits per heavy atom. The van der Waals surface area contributed by atoms with Gasteiger partial charge in [-0.1, -0.05) is 127 Å². The standard InChI is InChI=1S/C37H38NO2P/c1-28(24-31-18-21-33-14-8-9-15-35(33)26-31)38-37(39)36(27-41(40)23-22-29-10-4-2-5-11-29)25-30-16-19-34(20-17-30)32-12-6-3-7-13-32/h2-21,26,28,36,40H,22-25,27H2,1H3,(H,38,39). The van der Waals surface area contributed by atoms with Crippen LogP contribution in [0, 0.1) is 5.92 Å². The van der Waals surface area contributed by atoms with Crippen LogP contribution in [0.5, 0.6) is 0 Å². The molecule has 5 aromatic rings. The number of aryl methyl sites for hydroxylation is 1. The smallest absolute Gasteiger partial charge is 0.224 e. The summed E-state index contributed by atoms with van der Waals surface area (Å²) in [6.45, 7) is 2.07. The summed E-state index contributed by atoms with van der Waals surface area (Å²) in [5.74, 6) is -0.268. The van der Waals surface area contributed by atoms with Gasteiger partial charge in [0.1, 0.15) is 0 Å². The highest BCUT2D eigenvalue weighted by Gasteiger charge is 2.24. The Morgan fingerprint density at radius 1 is 0.683 bits per heavy atom. The van der Waals surface area contributed by atoms with Gasteiger partial charge in [0.05, 0.1) is 0 Å². The quantitative estimate of drug-likeness (QED) is 0.152. The summed E-state index contributed by atoms with van der Waals surface area (Å²) in [5, 5.41) is 5.71. The number of rotatable bonds is 12. The van der Waals surface area contributed by atoms with Gasteiger partial charge in [-0.05, 0) is 70.9 Å². The molecular weight excluding hydrogens is 521 g/mol. The molecule has 0 radical (unpaired) electrons. The molecule has 0 saturated carbocycles. The van der Waals surface area contributed by atoms with Crippen LogP contribution < -0.4 is 5.32 Å². The van der Waals surface area contributed by atoms with Crippen molar-refractivity contribution in [3.8, 4) is 11.1 Å². The van der Waals surface area contributed by atoms with Gasteiger partial charge in [0, 0.05) is 26.3 Å². The Labute approximate surface area is 245 Å². The molecule has 208 valence electrons. The first-order valence-corrected chi connectivity index (χ1v) is 16.1. The van der Waals surface area contributed by atoms with Crippen molar-refractivity contribution in [2.24, 2.45) is 5.92 Å². The predicted molar refractivity (Wildman–Crippen MR) is 173 cm³/mol. The van der Waals surface area contributed by atoms with Crippen molar-refractivity contribution in [1.29, 1.82) is 0 Å². The van der Waals surface area contributed by atoms with E-state index in [0.29, 0.717) is 18.7 Å². The molecule has 0 saturated heterocycles. The lowest BCUT2D eigenvalue weighted by molar-refractivity contribution is -0.124. The summed E-state index contributed by atoms with van der Waals surface area (Å²) >= 11 is 0. The number of amides is 1. The minimum atomic E-state index is -1.27. The third-order valence-electron chi connectivity index (χ3n) is 7.59. The molecule has 0 fully saturated rings. The molecule has 3 unspecified atom stereocenters. The summed E-state index contributed by atoms with van der Waals surface area (Å²) in [4.78, 5) is 24.7. The predicted octanol–water partition coefficient (Wildman–Crippen LogP) is 8.04. The van der Waals surface area contributed by atoms with E-state index in [0.717, 1.165) is 24.0 Å². The van der Waals surface area contributed by atoms with Crippen LogP contribution in [0.4, 0.5) is 0 Å². The van der Waals surface area contributed by atoms with Crippen LogP contribution in [0.2, 0.25) is 0 Å². The molecule has 41 heavy (non-hydrogen) atoms. The number of fused-ring (bicyclic) bond motifs is 1. The van der Waals surface area contributed by atoms with Crippen LogP contribution in [-0.2, 0) is 24.1 Å². The van der Waals surface area contributed by atoms with E-state index in [1.165, 1.54) is 27.5 Å². The zero-order valence-electron chi connectivity index (χ0n) is 23.6. The van der Waals surface area contributed by atoms with Crippen molar-refractivity contribution < 1.29 is 9.69 Å². The van der Waals surface area contributed by atoms with Gasteiger partial charge in [-0.3, -0.25) is 4.79 Å². The van der Waals surface area contributed by atoms with Crippen molar-refractivity contribution in [3.05, 3.63) is 144 Å². The molecule has 0 aliphatic heterocycles. The van der Waals surface area contributed by atoms with E-state index < -0.39 is 8.15 Å². The monoisotopic (exact) mass is 559 g/mol. The van der Waals surface area contributed by atoms with Crippen LogP contribution in [0.25, 0.3) is 21.9 Å². The van der Waals surface area contributed by atoms with Crippen molar-refractivity contribution in [3.63, 3.8) is 0 Å². The van der Waals surface area contributed by atoms with Gasteiger partial charge < -0.3 is 10.2 Å². The van der Waals surface area contributed by atoms with E-state index in [1.807, 2.05) is 36.4 Å². The van der Waals surface area contributed by atoms with E-state index in [4.69, 9.17) is 0 Å². The lowest BCUT2D eigenvalue weighted by atomic mass is 9.96. The van der Waals surface area contributed by atoms with Crippen LogP contribution in [0.3, 0.4) is 0 Å². The van der Waals surface area contributed by atoms with E-state index in [2.05, 4.69) is 103 Å². The first kappa shape index (κ1) is 28.7. The van der Waals surface area contributed by atoms with E-state index in [1.54, 1.807) is 0 Å². The molecule has 0 spiro atoms. The van der Waals surface area contributed by atoms with Gasteiger partial charge in [-0.15, -0.1) is 0 Å². The summed E-state index contributed by atoms with van der Waals surface area (Å²) in [5.41, 5.74) is 5.87. The first-order valence-electron chi connectivity index (χ1n) is 14.4. The topological polar surface area (TPSA) is 49.3 Å². The fourth-order valence-corrected chi connectivity index (χ4v) is 6.87. The second-order valence-corrected chi connectivity index (χ2v) is 12.7. The van der Waals surface area contributed by atoms with Crippen molar-refractivity contribution in [2.45, 2.75) is 32.2 Å². The van der Waals surface area contributed by atoms with Gasteiger partial charge in [0.15, 0.2) is 0 Å². The number of nitrogens with one attached hydrogen (secondary N) is 1. The van der Waals surface area contributed by atoms with Gasteiger partial charge in [0.25, 0.3) is 0 Å². The maximum atomic E-state index is 13.6. The van der Waals surface area contributed by atoms with Gasteiger partial charge >= 0.3 is 0 Å². The van der Waals surface area contributed by atoms with Crippen LogP contribution >= 0.6 is 8.15 Å². The fraction of sp³-hybridized carbons (Fsp3) is 0.216. The van der Waals surface area contributed by atoms with E-state index in [-0.39, 0.29) is 17.9 Å². The first-order chi connectivity index (χ1) is 20.0. The summed E-state index contributed by atoms with van der Waals surface area (Å²) in [6, 6.07) is 43.9. The molecule has 0 bridgehead atoms. The molecule has 5 rings (SSSR count). The minimum absolute atomic E-state index is 0.0131. The van der Waals surface area contributed by atoms with Crippen molar-refractivity contribution >= 4 is 24.8 Å². The zero-order valence-corrected chi connectivity index (χ0v) is 24.5. The maximum Gasteiger partial charge on any atom is 0.224 e. The Balaban J connectivity index is 1.26. The maximum absolute atomic E-state index is 13.6. The van der Waals surface area contributed by atoms with E-state index >= 15 is 0 Å². The lowest BCUT2D eigenvalue weighted by Crippen LogP contribution is -2.40. The second kappa shape index (κ2) is 14.2. The van der Waals surface area contributed by atoms with Gasteiger partial charge in [0.2, 0.25) is 5.91 Å². The molecular formula is C37H38NO2P. The third kappa shape index (κ3) is 8.36. The molecule has 0 heterocycles. The Bertz CT molecular complexity index is 1540. The Kier molecular flexibility index (Phi) is 9.96. The number of hydrogen-bond acceptors (Lipinski definition) is 2. The summed E-state index contributed by atoms with van der Waals surface area (Å²) in [6.07, 6.45) is 3.38. The highest BCUT2D eigenvalue weighted by atomic mass is 31.1. The molecule has 3 atom stereocenters. The molecule has 1 amide bonds. The van der Waals surface area contributed by atoms with Crippen LogP contribution in [-0.4, -0.2) is 29.2 Å². The van der Waals surface area contributed by atoms with E-state index in [9.17, 15) is 9.69 Å². The zero-order chi connectivity index (χ0) is 28.4. The van der Waals surface area contributed by atoms with Gasteiger partial charge in [-0.2, -0.15) is 0 Å². The SMILES string of the molecule is CC(Cc1ccc2ccccc2c1)NC(=O)C(Cc1ccc(-c2ccccc2)cc1)CP(O)CCc1ccccc1. The minimum Gasteiger partial charge on any atom is -0.374 e. The number of benzene rings is 5. The summed E-state index contributed by atoms with van der Waals surface area (Å²) < 4.78 is 0. The Morgan fingerprint density at radius 2 is 1.29 bits per heavy atom. The highest BCUT2D eigenvalue weighted by Crippen LogP contribution is 2.35. The van der Waals surface area contributed by atoms with Crippen molar-refractivity contribution in [2.75, 3.05) is 12.3 Å². The lowest BCUT2D eigenvalue weighted by Gasteiger charge is -2.23. The average Bonchev–Trinajstić information content (AvgIpc) is 3.01. The number of carbonyl (C=O) groups excluding carboxylic acids is 1. The number of carbonyl (C=O) groups is 1. The normalized spacial score (nSPS) is 13.4. The van der Waals surface area contributed by atoms with Crippen LogP contribution in [0.1, 0.15) is 23.6 Å². The molecule has 3 nitrogen and oxygen atoms in total. The molecule has 5 aromatic carbocycles. The largest absolute Gasteiger partial charge is 0.374 e. The second-order valence-electron chi connectivity index (χ2n) is 10.9. The molecule has 4 heteroatoms. The fourth-order valence-electron chi connectivity index (χ4n) is 5.37. The van der Waals surface area contributed by atoms with Gasteiger partial charge in [-0.25, -0.2) is 0 Å². The molecule has 0 aliphatic rings. The Hall–Kier alpha value is -3.78. The number of hydrogen-bond donors (Lipinski definition) is 2. The molecule has 0 aromatic heterocycles.